The molecular formula is C45H49FN6O3. The first kappa shape index (κ1) is 37.6. The van der Waals surface area contributed by atoms with Crippen molar-refractivity contribution in [2.75, 3.05) is 31.5 Å². The predicted octanol–water partition coefficient (Wildman–Crippen LogP) is 7.92. The van der Waals surface area contributed by atoms with Gasteiger partial charge < -0.3 is 25.5 Å². The number of aromatic nitrogens is 2. The van der Waals surface area contributed by atoms with Crippen molar-refractivity contribution >= 4 is 45.2 Å². The summed E-state index contributed by atoms with van der Waals surface area (Å²) in [5.74, 6) is -0.470. The zero-order valence-corrected chi connectivity index (χ0v) is 32.0. The topological polar surface area (TPSA) is 113 Å². The van der Waals surface area contributed by atoms with Gasteiger partial charge in [0, 0.05) is 65.5 Å². The lowest BCUT2D eigenvalue weighted by Gasteiger charge is -2.32. The zero-order valence-electron chi connectivity index (χ0n) is 32.0. The molecule has 3 heterocycles. The molecule has 6 aromatic rings. The smallest absolute Gasteiger partial charge is 0.255 e. The van der Waals surface area contributed by atoms with Crippen molar-refractivity contribution in [1.29, 1.82) is 0 Å². The molecule has 284 valence electrons. The van der Waals surface area contributed by atoms with Crippen molar-refractivity contribution in [3.8, 4) is 0 Å². The van der Waals surface area contributed by atoms with Gasteiger partial charge in [-0.2, -0.15) is 0 Å². The summed E-state index contributed by atoms with van der Waals surface area (Å²) in [5, 5.41) is 8.43. The monoisotopic (exact) mass is 740 g/mol. The quantitative estimate of drug-likeness (QED) is 0.102. The molecule has 10 heteroatoms. The SMILES string of the molecule is CC(=O)N(Cc1cc(C)c(C)c(C)c1)C[C@@H](Cc1c[nH]c2ccccc12)NC(=O)CN1CCC(c2c[nH]c3ccc(NC(=O)c4ccc(F)cc4)cc23)CC1. The van der Waals surface area contributed by atoms with Crippen LogP contribution in [0, 0.1) is 26.6 Å². The van der Waals surface area contributed by atoms with Gasteiger partial charge in [0.25, 0.3) is 5.91 Å². The summed E-state index contributed by atoms with van der Waals surface area (Å²) in [6.45, 7) is 10.6. The lowest BCUT2D eigenvalue weighted by Crippen LogP contribution is -2.49. The lowest BCUT2D eigenvalue weighted by atomic mass is 9.89. The van der Waals surface area contributed by atoms with E-state index < -0.39 is 0 Å². The van der Waals surface area contributed by atoms with Gasteiger partial charge in [0.15, 0.2) is 0 Å². The number of likely N-dealkylation sites (tertiary alicyclic amines) is 1. The summed E-state index contributed by atoms with van der Waals surface area (Å²) in [6.07, 6.45) is 6.42. The van der Waals surface area contributed by atoms with E-state index in [1.54, 1.807) is 6.92 Å². The highest BCUT2D eigenvalue weighted by molar-refractivity contribution is 6.05. The normalized spacial score (nSPS) is 14.3. The van der Waals surface area contributed by atoms with Gasteiger partial charge in [0.1, 0.15) is 5.82 Å². The molecule has 0 unspecified atom stereocenters. The van der Waals surface area contributed by atoms with Crippen molar-refractivity contribution in [1.82, 2.24) is 25.1 Å². The summed E-state index contributed by atoms with van der Waals surface area (Å²) in [4.78, 5) is 50.4. The van der Waals surface area contributed by atoms with Crippen LogP contribution in [-0.4, -0.2) is 69.7 Å². The third-order valence-electron chi connectivity index (χ3n) is 11.2. The first-order valence-electron chi connectivity index (χ1n) is 19.1. The highest BCUT2D eigenvalue weighted by Gasteiger charge is 2.26. The van der Waals surface area contributed by atoms with E-state index in [9.17, 15) is 18.8 Å². The second-order valence-corrected chi connectivity index (χ2v) is 15.1. The Hall–Kier alpha value is -5.74. The van der Waals surface area contributed by atoms with Crippen molar-refractivity contribution < 1.29 is 18.8 Å². The molecule has 0 saturated carbocycles. The highest BCUT2D eigenvalue weighted by atomic mass is 19.1. The number of fused-ring (bicyclic) bond motifs is 2. The van der Waals surface area contributed by atoms with Crippen molar-refractivity contribution in [2.45, 2.75) is 65.5 Å². The number of halogens is 1. The maximum atomic E-state index is 13.8. The molecule has 1 atom stereocenters. The molecule has 3 amide bonds. The van der Waals surface area contributed by atoms with E-state index in [1.807, 2.05) is 47.5 Å². The number of anilines is 1. The van der Waals surface area contributed by atoms with Crippen LogP contribution >= 0.6 is 0 Å². The number of hydrogen-bond donors (Lipinski definition) is 4. The minimum absolute atomic E-state index is 0.0317. The molecule has 7 rings (SSSR count). The van der Waals surface area contributed by atoms with Crippen LogP contribution in [0.15, 0.2) is 91.3 Å². The van der Waals surface area contributed by atoms with E-state index in [-0.39, 0.29) is 36.1 Å². The maximum absolute atomic E-state index is 13.8. The first-order valence-corrected chi connectivity index (χ1v) is 19.1. The molecule has 9 nitrogen and oxygen atoms in total. The Bertz CT molecular complexity index is 2310. The molecule has 1 saturated heterocycles. The van der Waals surface area contributed by atoms with Gasteiger partial charge in [0.05, 0.1) is 12.6 Å². The van der Waals surface area contributed by atoms with Gasteiger partial charge in [-0.1, -0.05) is 30.3 Å². The lowest BCUT2D eigenvalue weighted by molar-refractivity contribution is -0.131. The second-order valence-electron chi connectivity index (χ2n) is 15.1. The highest BCUT2D eigenvalue weighted by Crippen LogP contribution is 2.34. The molecule has 0 spiro atoms. The Labute approximate surface area is 321 Å². The van der Waals surface area contributed by atoms with Gasteiger partial charge in [-0.15, -0.1) is 0 Å². The minimum atomic E-state index is -0.386. The Morgan fingerprint density at radius 3 is 2.29 bits per heavy atom. The zero-order chi connectivity index (χ0) is 38.6. The van der Waals surface area contributed by atoms with Crippen LogP contribution in [0.4, 0.5) is 10.1 Å². The summed E-state index contributed by atoms with van der Waals surface area (Å²) in [6, 6.07) is 23.5. The summed E-state index contributed by atoms with van der Waals surface area (Å²) in [7, 11) is 0. The number of benzene rings is 4. The van der Waals surface area contributed by atoms with Crippen LogP contribution in [-0.2, 0) is 22.6 Å². The Morgan fingerprint density at radius 2 is 1.56 bits per heavy atom. The van der Waals surface area contributed by atoms with Crippen LogP contribution < -0.4 is 10.6 Å². The van der Waals surface area contributed by atoms with E-state index in [0.717, 1.165) is 58.9 Å². The largest absolute Gasteiger partial charge is 0.361 e. The maximum Gasteiger partial charge on any atom is 0.255 e. The Morgan fingerprint density at radius 1 is 0.873 bits per heavy atom. The molecule has 0 bridgehead atoms. The number of H-pyrrole nitrogens is 2. The van der Waals surface area contributed by atoms with Gasteiger partial charge >= 0.3 is 0 Å². The number of aromatic amines is 2. The van der Waals surface area contributed by atoms with E-state index in [0.29, 0.717) is 36.7 Å². The number of nitrogens with zero attached hydrogens (tertiary/aromatic N) is 2. The van der Waals surface area contributed by atoms with Crippen molar-refractivity contribution in [3.63, 3.8) is 0 Å². The fourth-order valence-electron chi connectivity index (χ4n) is 7.98. The van der Waals surface area contributed by atoms with E-state index in [4.69, 9.17) is 0 Å². The number of carbonyl (C=O) groups excluding carboxylic acids is 3. The first-order chi connectivity index (χ1) is 26.5. The summed E-state index contributed by atoms with van der Waals surface area (Å²) >= 11 is 0. The number of rotatable bonds is 12. The van der Waals surface area contributed by atoms with E-state index in [1.165, 1.54) is 46.5 Å². The molecule has 1 aliphatic heterocycles. The van der Waals surface area contributed by atoms with Crippen LogP contribution in [0.25, 0.3) is 21.8 Å². The van der Waals surface area contributed by atoms with E-state index >= 15 is 0 Å². The molecule has 1 fully saturated rings. The average Bonchev–Trinajstić information content (AvgIpc) is 3.78. The van der Waals surface area contributed by atoms with Crippen LogP contribution in [0.2, 0.25) is 0 Å². The number of carbonyl (C=O) groups is 3. The number of nitrogens with one attached hydrogen (secondary N) is 4. The third kappa shape index (κ3) is 8.81. The molecule has 4 aromatic carbocycles. The Kier molecular flexibility index (Phi) is 11.2. The number of para-hydroxylation sites is 1. The van der Waals surface area contributed by atoms with Gasteiger partial charge in [0.2, 0.25) is 11.8 Å². The van der Waals surface area contributed by atoms with Crippen LogP contribution in [0.5, 0.6) is 0 Å². The van der Waals surface area contributed by atoms with Gasteiger partial charge in [-0.05, 0) is 141 Å². The number of hydrogen-bond acceptors (Lipinski definition) is 4. The molecular weight excluding hydrogens is 692 g/mol. The number of piperidine rings is 1. The number of aryl methyl sites for hydroxylation is 2. The molecule has 55 heavy (non-hydrogen) atoms. The molecule has 1 aliphatic rings. The van der Waals surface area contributed by atoms with Crippen molar-refractivity contribution in [2.24, 2.45) is 0 Å². The molecule has 0 radical (unpaired) electrons. The van der Waals surface area contributed by atoms with Crippen LogP contribution in [0.1, 0.15) is 69.4 Å². The van der Waals surface area contributed by atoms with Crippen LogP contribution in [0.3, 0.4) is 0 Å². The second kappa shape index (κ2) is 16.3. The molecule has 0 aliphatic carbocycles. The van der Waals surface area contributed by atoms with E-state index in [2.05, 4.69) is 70.7 Å². The Balaban J connectivity index is 1.00. The third-order valence-corrected chi connectivity index (χ3v) is 11.2. The minimum Gasteiger partial charge on any atom is -0.361 e. The fourth-order valence-corrected chi connectivity index (χ4v) is 7.98. The standard InChI is InChI=1S/C45H49FN6O3/c1-28-19-32(20-29(2)30(28)3)25-52(31(4)53)26-38(21-35-23-47-42-8-6-5-7-39(35)42)49-44(54)27-51-17-15-33(16-18-51)41-24-48-43-14-13-37(22-40(41)43)50-45(55)34-9-11-36(46)12-10-34/h5-14,19-20,22-24,33,38,47-48H,15-18,21,25-27H2,1-4H3,(H,49,54)(H,50,55)/t38-/m1/s1. The van der Waals surface area contributed by atoms with Gasteiger partial charge in [-0.3, -0.25) is 19.3 Å². The van der Waals surface area contributed by atoms with Gasteiger partial charge in [-0.25, -0.2) is 4.39 Å². The fraction of sp³-hybridized carbons (Fsp3) is 0.311. The number of amides is 3. The predicted molar refractivity (Wildman–Crippen MR) is 217 cm³/mol. The summed E-state index contributed by atoms with van der Waals surface area (Å²) in [5.41, 5.74) is 10.1. The van der Waals surface area contributed by atoms with Crippen molar-refractivity contribution in [3.05, 3.63) is 136 Å². The summed E-state index contributed by atoms with van der Waals surface area (Å²) < 4.78 is 13.4. The molecule has 4 N–H and O–H groups in total. The average molecular weight is 741 g/mol. The molecule has 2 aromatic heterocycles.